The molecule has 0 saturated carbocycles. The molecule has 2 aromatic carbocycles. The number of carbonyl (C=O) groups excluding carboxylic acids is 1. The molecule has 0 unspecified atom stereocenters. The van der Waals surface area contributed by atoms with Crippen molar-refractivity contribution in [1.82, 2.24) is 9.55 Å². The van der Waals surface area contributed by atoms with Crippen molar-refractivity contribution in [1.29, 1.82) is 0 Å². The van der Waals surface area contributed by atoms with Gasteiger partial charge in [-0.05, 0) is 50.2 Å². The minimum absolute atomic E-state index is 0.169. The summed E-state index contributed by atoms with van der Waals surface area (Å²) in [6.07, 6.45) is 1.81. The van der Waals surface area contributed by atoms with Crippen LogP contribution < -0.4 is 5.01 Å². The van der Waals surface area contributed by atoms with Gasteiger partial charge in [-0.2, -0.15) is 10.1 Å². The number of anilines is 1. The molecule has 0 spiro atoms. The first kappa shape index (κ1) is 15.6. The van der Waals surface area contributed by atoms with Gasteiger partial charge in [0.1, 0.15) is 5.82 Å². The molecule has 1 aliphatic rings. The molecule has 5 nitrogen and oxygen atoms in total. The summed E-state index contributed by atoms with van der Waals surface area (Å²) in [4.78, 5) is 17.4. The maximum Gasteiger partial charge on any atom is 0.282 e. The highest BCUT2D eigenvalue weighted by Gasteiger charge is 2.29. The Kier molecular flexibility index (Phi) is 3.66. The number of aromatic nitrogens is 2. The zero-order chi connectivity index (χ0) is 17.6. The van der Waals surface area contributed by atoms with Crippen LogP contribution in [-0.2, 0) is 4.79 Å². The molecule has 1 amide bonds. The third-order valence-electron chi connectivity index (χ3n) is 4.16. The minimum atomic E-state index is -0.169. The Hall–Kier alpha value is -2.92. The quantitative estimate of drug-likeness (QED) is 0.648. The van der Waals surface area contributed by atoms with Crippen molar-refractivity contribution < 1.29 is 4.79 Å². The van der Waals surface area contributed by atoms with Crippen LogP contribution in [0.1, 0.15) is 12.7 Å². The van der Waals surface area contributed by atoms with Crippen LogP contribution in [0.4, 0.5) is 5.69 Å². The predicted octanol–water partition coefficient (Wildman–Crippen LogP) is 4.26. The fourth-order valence-electron chi connectivity index (χ4n) is 2.88. The molecule has 25 heavy (non-hydrogen) atoms. The summed E-state index contributed by atoms with van der Waals surface area (Å²) >= 11 is 5.92. The molecule has 0 saturated heterocycles. The van der Waals surface area contributed by atoms with Gasteiger partial charge in [-0.15, -0.1) is 0 Å². The second-order valence-electron chi connectivity index (χ2n) is 5.84. The van der Waals surface area contributed by atoms with Crippen LogP contribution >= 0.6 is 11.6 Å². The monoisotopic (exact) mass is 350 g/mol. The predicted molar refractivity (Wildman–Crippen MR) is 101 cm³/mol. The van der Waals surface area contributed by atoms with Crippen LogP contribution in [0.25, 0.3) is 17.2 Å². The standard InChI is InChI=1S/C19H15ClN4O/c1-12-16(11-23-13(2)21-17-5-3-4-6-18(17)23)19(25)24(22-12)15-9-7-14(20)8-10-15/h3-11H,1-2H3. The molecule has 0 N–H and O–H groups in total. The zero-order valence-electron chi connectivity index (χ0n) is 13.8. The lowest BCUT2D eigenvalue weighted by Crippen LogP contribution is -2.21. The van der Waals surface area contributed by atoms with E-state index in [2.05, 4.69) is 10.1 Å². The molecule has 3 aromatic rings. The SMILES string of the molecule is CC1=NN(c2ccc(Cl)cc2)C(=O)C1=Cn1c(C)nc2ccccc21. The van der Waals surface area contributed by atoms with E-state index < -0.39 is 0 Å². The third-order valence-corrected chi connectivity index (χ3v) is 4.42. The molecule has 0 atom stereocenters. The Labute approximate surface area is 149 Å². The average Bonchev–Trinajstić information content (AvgIpc) is 3.07. The van der Waals surface area contributed by atoms with E-state index in [4.69, 9.17) is 11.6 Å². The normalized spacial score (nSPS) is 16.1. The summed E-state index contributed by atoms with van der Waals surface area (Å²) in [5.74, 6) is 0.649. The fourth-order valence-corrected chi connectivity index (χ4v) is 3.01. The maximum atomic E-state index is 12.9. The van der Waals surface area contributed by atoms with Crippen molar-refractivity contribution in [3.8, 4) is 0 Å². The number of para-hydroxylation sites is 2. The van der Waals surface area contributed by atoms with Gasteiger partial charge in [0, 0.05) is 11.2 Å². The smallest absolute Gasteiger partial charge is 0.282 e. The van der Waals surface area contributed by atoms with Crippen LogP contribution in [0.15, 0.2) is 59.2 Å². The molecular weight excluding hydrogens is 336 g/mol. The summed E-state index contributed by atoms with van der Waals surface area (Å²) in [5.41, 5.74) is 3.74. The molecule has 0 radical (unpaired) electrons. The van der Waals surface area contributed by atoms with Gasteiger partial charge >= 0.3 is 0 Å². The van der Waals surface area contributed by atoms with Gasteiger partial charge in [0.25, 0.3) is 5.91 Å². The lowest BCUT2D eigenvalue weighted by molar-refractivity contribution is -0.114. The number of rotatable bonds is 2. The van der Waals surface area contributed by atoms with Gasteiger partial charge in [-0.1, -0.05) is 23.7 Å². The Balaban J connectivity index is 1.77. The van der Waals surface area contributed by atoms with Crippen LogP contribution in [0.5, 0.6) is 0 Å². The van der Waals surface area contributed by atoms with E-state index in [-0.39, 0.29) is 5.91 Å². The highest BCUT2D eigenvalue weighted by Crippen LogP contribution is 2.26. The fraction of sp³-hybridized carbons (Fsp3) is 0.105. The average molecular weight is 351 g/mol. The van der Waals surface area contributed by atoms with E-state index in [1.54, 1.807) is 24.3 Å². The molecule has 0 bridgehead atoms. The number of carbonyl (C=O) groups is 1. The Morgan fingerprint density at radius 2 is 1.76 bits per heavy atom. The number of hydrogen-bond donors (Lipinski definition) is 0. The highest BCUT2D eigenvalue weighted by molar-refractivity contribution is 6.32. The van der Waals surface area contributed by atoms with E-state index in [0.717, 1.165) is 16.9 Å². The first-order valence-electron chi connectivity index (χ1n) is 7.85. The number of nitrogens with zero attached hydrogens (tertiary/aromatic N) is 4. The van der Waals surface area contributed by atoms with E-state index in [1.807, 2.05) is 48.9 Å². The largest absolute Gasteiger partial charge is 0.302 e. The van der Waals surface area contributed by atoms with Crippen molar-refractivity contribution in [2.24, 2.45) is 5.10 Å². The molecule has 124 valence electrons. The summed E-state index contributed by atoms with van der Waals surface area (Å²) in [6, 6.07) is 14.9. The molecule has 0 aliphatic carbocycles. The number of aryl methyl sites for hydroxylation is 1. The lowest BCUT2D eigenvalue weighted by atomic mass is 10.2. The molecular formula is C19H15ClN4O. The molecule has 1 aliphatic heterocycles. The molecule has 1 aromatic heterocycles. The number of fused-ring (bicyclic) bond motifs is 1. The highest BCUT2D eigenvalue weighted by atomic mass is 35.5. The van der Waals surface area contributed by atoms with Crippen LogP contribution in [-0.4, -0.2) is 21.2 Å². The van der Waals surface area contributed by atoms with Crippen LogP contribution in [0, 0.1) is 6.92 Å². The van der Waals surface area contributed by atoms with Gasteiger partial charge in [-0.3, -0.25) is 4.79 Å². The van der Waals surface area contributed by atoms with Crippen molar-refractivity contribution in [3.05, 3.63) is 65.0 Å². The topological polar surface area (TPSA) is 50.5 Å². The summed E-state index contributed by atoms with van der Waals surface area (Å²) in [7, 11) is 0. The number of benzene rings is 2. The van der Waals surface area contributed by atoms with Gasteiger partial charge in [0.15, 0.2) is 0 Å². The third kappa shape index (κ3) is 2.62. The van der Waals surface area contributed by atoms with Gasteiger partial charge in [-0.25, -0.2) is 4.98 Å². The Morgan fingerprint density at radius 3 is 2.52 bits per heavy atom. The zero-order valence-corrected chi connectivity index (χ0v) is 14.5. The molecule has 0 fully saturated rings. The van der Waals surface area contributed by atoms with Gasteiger partial charge in [0.2, 0.25) is 0 Å². The van der Waals surface area contributed by atoms with Crippen molar-refractivity contribution in [2.45, 2.75) is 13.8 Å². The summed E-state index contributed by atoms with van der Waals surface area (Å²) in [6.45, 7) is 3.74. The van der Waals surface area contributed by atoms with E-state index in [1.165, 1.54) is 5.01 Å². The van der Waals surface area contributed by atoms with Gasteiger partial charge in [0.05, 0.1) is 28.0 Å². The summed E-state index contributed by atoms with van der Waals surface area (Å²) < 4.78 is 1.92. The second kappa shape index (κ2) is 5.86. The number of hydrazone groups is 1. The van der Waals surface area contributed by atoms with E-state index >= 15 is 0 Å². The van der Waals surface area contributed by atoms with Gasteiger partial charge < -0.3 is 4.57 Å². The maximum absolute atomic E-state index is 12.9. The number of hydrogen-bond acceptors (Lipinski definition) is 3. The lowest BCUT2D eigenvalue weighted by Gasteiger charge is -2.11. The number of amides is 1. The van der Waals surface area contributed by atoms with Crippen molar-refractivity contribution >= 4 is 46.1 Å². The minimum Gasteiger partial charge on any atom is -0.302 e. The van der Waals surface area contributed by atoms with Crippen LogP contribution in [0.3, 0.4) is 0 Å². The molecule has 4 rings (SSSR count). The number of imidazole rings is 1. The van der Waals surface area contributed by atoms with E-state index in [0.29, 0.717) is 22.0 Å². The van der Waals surface area contributed by atoms with Crippen LogP contribution in [0.2, 0.25) is 5.02 Å². The first-order chi connectivity index (χ1) is 12.0. The second-order valence-corrected chi connectivity index (χ2v) is 6.28. The number of halogens is 1. The summed E-state index contributed by atoms with van der Waals surface area (Å²) in [5, 5.41) is 6.41. The van der Waals surface area contributed by atoms with Crippen molar-refractivity contribution in [2.75, 3.05) is 5.01 Å². The molecule has 6 heteroatoms. The first-order valence-corrected chi connectivity index (χ1v) is 8.23. The Morgan fingerprint density at radius 1 is 1.04 bits per heavy atom. The van der Waals surface area contributed by atoms with Crippen molar-refractivity contribution in [3.63, 3.8) is 0 Å². The molecule has 2 heterocycles. The Bertz CT molecular complexity index is 1050. The van der Waals surface area contributed by atoms with E-state index in [9.17, 15) is 4.79 Å².